The molecule has 0 spiro atoms. The molecule has 3 heterocycles. The second-order valence-corrected chi connectivity index (χ2v) is 5.96. The highest BCUT2D eigenvalue weighted by atomic mass is 32.1. The lowest BCUT2D eigenvalue weighted by Crippen LogP contribution is -2.25. The van der Waals surface area contributed by atoms with E-state index in [0.29, 0.717) is 11.2 Å². The highest BCUT2D eigenvalue weighted by molar-refractivity contribution is 7.12. The van der Waals surface area contributed by atoms with E-state index >= 15 is 0 Å². The number of hydrogen-bond acceptors (Lipinski definition) is 5. The minimum Gasteiger partial charge on any atom is -0.292 e. The van der Waals surface area contributed by atoms with Gasteiger partial charge in [-0.15, -0.1) is 16.4 Å². The van der Waals surface area contributed by atoms with Crippen molar-refractivity contribution < 1.29 is 4.79 Å². The van der Waals surface area contributed by atoms with Gasteiger partial charge in [-0.2, -0.15) is 0 Å². The van der Waals surface area contributed by atoms with Crippen molar-refractivity contribution in [3.63, 3.8) is 0 Å². The number of hydrogen-bond donors (Lipinski definition) is 0. The molecule has 0 unspecified atom stereocenters. The van der Waals surface area contributed by atoms with Crippen molar-refractivity contribution in [1.82, 2.24) is 19.2 Å². The van der Waals surface area contributed by atoms with Crippen LogP contribution < -0.4 is 5.69 Å². The molecule has 0 amide bonds. The maximum atomic E-state index is 12.3. The molecule has 0 radical (unpaired) electrons. The van der Waals surface area contributed by atoms with Gasteiger partial charge in [-0.3, -0.25) is 9.78 Å². The Balaban J connectivity index is 1.97. The van der Waals surface area contributed by atoms with E-state index in [-0.39, 0.29) is 18.0 Å². The first kappa shape index (κ1) is 12.7. The van der Waals surface area contributed by atoms with E-state index < -0.39 is 0 Å². The minimum atomic E-state index is -0.333. The Bertz CT molecular complexity index is 859. The first-order chi connectivity index (χ1) is 9.56. The van der Waals surface area contributed by atoms with Crippen molar-refractivity contribution >= 4 is 22.8 Å². The fourth-order valence-electron chi connectivity index (χ4n) is 2.11. The maximum absolute atomic E-state index is 12.3. The van der Waals surface area contributed by atoms with E-state index in [0.717, 1.165) is 9.75 Å². The number of aromatic nitrogens is 4. The van der Waals surface area contributed by atoms with Crippen molar-refractivity contribution in [3.8, 4) is 0 Å². The van der Waals surface area contributed by atoms with Gasteiger partial charge in [0.1, 0.15) is 6.54 Å². The summed E-state index contributed by atoms with van der Waals surface area (Å²) in [6.07, 6.45) is 4.53. The third-order valence-corrected chi connectivity index (χ3v) is 3.99. The summed E-state index contributed by atoms with van der Waals surface area (Å²) in [6, 6.07) is 1.85. The average Bonchev–Trinajstić information content (AvgIpc) is 2.91. The van der Waals surface area contributed by atoms with Crippen LogP contribution in [0.25, 0.3) is 5.65 Å². The van der Waals surface area contributed by atoms with Crippen molar-refractivity contribution in [2.75, 3.05) is 0 Å². The summed E-state index contributed by atoms with van der Waals surface area (Å²) in [7, 11) is 0. The zero-order valence-electron chi connectivity index (χ0n) is 11.0. The molecule has 3 aromatic rings. The van der Waals surface area contributed by atoms with Gasteiger partial charge in [0.05, 0.1) is 6.20 Å². The number of aryl methyl sites for hydroxylation is 2. The SMILES string of the molecule is Cc1cc(C(=O)Cn2nc3cnccn3c2=O)c(C)s1. The third-order valence-electron chi connectivity index (χ3n) is 3.02. The first-order valence-corrected chi connectivity index (χ1v) is 6.87. The van der Waals surface area contributed by atoms with E-state index in [1.807, 2.05) is 19.9 Å². The van der Waals surface area contributed by atoms with Gasteiger partial charge >= 0.3 is 5.69 Å². The smallest absolute Gasteiger partial charge is 0.292 e. The summed E-state index contributed by atoms with van der Waals surface area (Å²) in [4.78, 5) is 30.3. The molecule has 0 saturated carbocycles. The lowest BCUT2D eigenvalue weighted by Gasteiger charge is -1.98. The number of nitrogens with zero attached hydrogens (tertiary/aromatic N) is 4. The number of ketones is 1. The third kappa shape index (κ3) is 2.05. The van der Waals surface area contributed by atoms with Gasteiger partial charge in [-0.05, 0) is 19.9 Å². The summed E-state index contributed by atoms with van der Waals surface area (Å²) in [5, 5.41) is 4.10. The largest absolute Gasteiger partial charge is 0.350 e. The average molecular weight is 288 g/mol. The molecule has 3 aromatic heterocycles. The summed E-state index contributed by atoms with van der Waals surface area (Å²) >= 11 is 1.57. The Morgan fingerprint density at radius 1 is 1.40 bits per heavy atom. The highest BCUT2D eigenvalue weighted by Gasteiger charge is 2.15. The zero-order chi connectivity index (χ0) is 14.3. The quantitative estimate of drug-likeness (QED) is 0.684. The molecule has 6 nitrogen and oxygen atoms in total. The number of carbonyl (C=O) groups excluding carboxylic acids is 1. The van der Waals surface area contributed by atoms with Crippen LogP contribution in [-0.2, 0) is 6.54 Å². The summed E-state index contributed by atoms with van der Waals surface area (Å²) in [5.41, 5.74) is 0.762. The molecule has 0 fully saturated rings. The maximum Gasteiger partial charge on any atom is 0.350 e. The van der Waals surface area contributed by atoms with Crippen LogP contribution in [-0.4, -0.2) is 24.9 Å². The second kappa shape index (κ2) is 4.68. The summed E-state index contributed by atoms with van der Waals surface area (Å²) in [5.74, 6) is -0.106. The molecule has 0 aromatic carbocycles. The van der Waals surface area contributed by atoms with Crippen LogP contribution in [0, 0.1) is 13.8 Å². The number of thiophene rings is 1. The molecule has 0 atom stereocenters. The van der Waals surface area contributed by atoms with Gasteiger partial charge < -0.3 is 0 Å². The molecule has 0 aliphatic heterocycles. The topological polar surface area (TPSA) is 69.3 Å². The van der Waals surface area contributed by atoms with Gasteiger partial charge in [-0.1, -0.05) is 0 Å². The normalized spacial score (nSPS) is 11.1. The molecule has 0 N–H and O–H groups in total. The minimum absolute atomic E-state index is 0.0580. The van der Waals surface area contributed by atoms with Crippen molar-refractivity contribution in [1.29, 1.82) is 0 Å². The molecule has 102 valence electrons. The molecule has 0 aliphatic carbocycles. The van der Waals surface area contributed by atoms with Crippen LogP contribution in [0.15, 0.2) is 29.5 Å². The molecule has 0 aliphatic rings. The zero-order valence-corrected chi connectivity index (χ0v) is 11.8. The van der Waals surface area contributed by atoms with Gasteiger partial charge in [0.2, 0.25) is 0 Å². The van der Waals surface area contributed by atoms with Crippen LogP contribution in [0.1, 0.15) is 20.1 Å². The van der Waals surface area contributed by atoms with Gasteiger partial charge in [0.25, 0.3) is 0 Å². The van der Waals surface area contributed by atoms with Crippen molar-refractivity contribution in [2.24, 2.45) is 0 Å². The lowest BCUT2D eigenvalue weighted by molar-refractivity contribution is 0.0966. The number of carbonyl (C=O) groups is 1. The Morgan fingerprint density at radius 2 is 2.20 bits per heavy atom. The predicted octanol–water partition coefficient (Wildman–Crippen LogP) is 1.45. The van der Waals surface area contributed by atoms with Gasteiger partial charge in [0.15, 0.2) is 11.4 Å². The molecule has 20 heavy (non-hydrogen) atoms. The molecule has 3 rings (SSSR count). The summed E-state index contributed by atoms with van der Waals surface area (Å²) in [6.45, 7) is 3.80. The van der Waals surface area contributed by atoms with Crippen LogP contribution in [0.3, 0.4) is 0 Å². The fourth-order valence-corrected chi connectivity index (χ4v) is 3.05. The fraction of sp³-hybridized carbons (Fsp3) is 0.231. The Hall–Kier alpha value is -2.28. The number of rotatable bonds is 3. The monoisotopic (exact) mass is 288 g/mol. The van der Waals surface area contributed by atoms with E-state index in [9.17, 15) is 9.59 Å². The van der Waals surface area contributed by atoms with Crippen molar-refractivity contribution in [3.05, 3.63) is 50.5 Å². The van der Waals surface area contributed by atoms with Crippen LogP contribution in [0.5, 0.6) is 0 Å². The Kier molecular flexibility index (Phi) is 2.98. The molecular formula is C13H12N4O2S. The van der Waals surface area contributed by atoms with Crippen molar-refractivity contribution in [2.45, 2.75) is 20.4 Å². The van der Waals surface area contributed by atoms with Gasteiger partial charge in [-0.25, -0.2) is 13.9 Å². The van der Waals surface area contributed by atoms with E-state index in [4.69, 9.17) is 0 Å². The molecule has 0 saturated heterocycles. The van der Waals surface area contributed by atoms with Crippen LogP contribution in [0.2, 0.25) is 0 Å². The second-order valence-electron chi connectivity index (χ2n) is 4.49. The lowest BCUT2D eigenvalue weighted by atomic mass is 10.1. The predicted molar refractivity (Wildman–Crippen MR) is 75.4 cm³/mol. The number of Topliss-reactive ketones (excluding diaryl/α,β-unsaturated/α-hetero) is 1. The standard InChI is InChI=1S/C13H12N4O2S/c1-8-5-10(9(2)20-8)11(18)7-17-13(19)16-4-3-14-6-12(16)15-17/h3-6H,7H2,1-2H3. The molecule has 0 bridgehead atoms. The van der Waals surface area contributed by atoms with Gasteiger partial charge in [0, 0.05) is 27.7 Å². The molecular weight excluding hydrogens is 276 g/mol. The molecule has 7 heteroatoms. The Labute approximate surface area is 118 Å². The van der Waals surface area contributed by atoms with Crippen LogP contribution in [0.4, 0.5) is 0 Å². The van der Waals surface area contributed by atoms with E-state index in [1.165, 1.54) is 27.7 Å². The highest BCUT2D eigenvalue weighted by Crippen LogP contribution is 2.21. The number of fused-ring (bicyclic) bond motifs is 1. The Morgan fingerprint density at radius 3 is 2.85 bits per heavy atom. The summed E-state index contributed by atoms with van der Waals surface area (Å²) < 4.78 is 2.54. The van der Waals surface area contributed by atoms with E-state index in [2.05, 4.69) is 10.1 Å². The first-order valence-electron chi connectivity index (χ1n) is 6.05. The van der Waals surface area contributed by atoms with Crippen LogP contribution >= 0.6 is 11.3 Å². The van der Waals surface area contributed by atoms with E-state index in [1.54, 1.807) is 11.3 Å².